The van der Waals surface area contributed by atoms with Crippen molar-refractivity contribution in [3.63, 3.8) is 0 Å². The fourth-order valence-corrected chi connectivity index (χ4v) is 3.35. The van der Waals surface area contributed by atoms with Gasteiger partial charge in [-0.25, -0.2) is 0 Å². The number of fused-ring (bicyclic) bond motifs is 1. The normalized spacial score (nSPS) is 17.4. The number of carbonyl (C=O) groups is 1. The van der Waals surface area contributed by atoms with Gasteiger partial charge >= 0.3 is 0 Å². The molecule has 24 heavy (non-hydrogen) atoms. The Labute approximate surface area is 145 Å². The number of nitrogens with two attached hydrogens (primary N) is 1. The fraction of sp³-hybridized carbons (Fsp3) is 0.222. The quantitative estimate of drug-likeness (QED) is 0.745. The summed E-state index contributed by atoms with van der Waals surface area (Å²) >= 11 is 5.26. The predicted octanol–water partition coefficient (Wildman–Crippen LogP) is 2.52. The molecule has 4 N–H and O–H groups in total. The number of nitrogens with one attached hydrogen (secondary N) is 2. The second-order valence-electron chi connectivity index (χ2n) is 5.57. The van der Waals surface area contributed by atoms with Gasteiger partial charge in [-0.2, -0.15) is 0 Å². The molecule has 0 unspecified atom stereocenters. The topological polar surface area (TPSA) is 76.4 Å². The molecule has 6 heteroatoms. The summed E-state index contributed by atoms with van der Waals surface area (Å²) in [5.41, 5.74) is 7.70. The summed E-state index contributed by atoms with van der Waals surface area (Å²) < 4.78 is 5.72. The number of ether oxygens (including phenoxy) is 1. The number of amides is 1. The molecule has 3 rings (SSSR count). The van der Waals surface area contributed by atoms with Gasteiger partial charge < -0.3 is 21.1 Å². The maximum Gasteiger partial charge on any atom is 0.248 e. The monoisotopic (exact) mass is 341 g/mol. The zero-order valence-electron chi connectivity index (χ0n) is 13.6. The summed E-state index contributed by atoms with van der Waals surface area (Å²) in [6.45, 7) is 4.34. The van der Waals surface area contributed by atoms with Crippen molar-refractivity contribution in [1.29, 1.82) is 0 Å². The Morgan fingerprint density at radius 3 is 2.62 bits per heavy atom. The van der Waals surface area contributed by atoms with Crippen LogP contribution in [0.1, 0.15) is 25.5 Å². The van der Waals surface area contributed by atoms with Gasteiger partial charge in [0.05, 0.1) is 18.2 Å². The number of allylic oxidation sites excluding steroid dienone is 1. The second kappa shape index (κ2) is 6.49. The highest BCUT2D eigenvalue weighted by atomic mass is 32.1. The van der Waals surface area contributed by atoms with Gasteiger partial charge in [-0.1, -0.05) is 30.3 Å². The van der Waals surface area contributed by atoms with E-state index in [-0.39, 0.29) is 0 Å². The van der Waals surface area contributed by atoms with E-state index >= 15 is 0 Å². The summed E-state index contributed by atoms with van der Waals surface area (Å²) in [5, 5.41) is 8.58. The molecule has 0 fully saturated rings. The maximum absolute atomic E-state index is 12.0. The molecule has 1 heterocycles. The third kappa shape index (κ3) is 2.80. The number of carbonyl (C=O) groups excluding carboxylic acids is 1. The van der Waals surface area contributed by atoms with Gasteiger partial charge in [-0.05, 0) is 43.1 Å². The van der Waals surface area contributed by atoms with Crippen LogP contribution in [0, 0.1) is 0 Å². The van der Waals surface area contributed by atoms with Crippen LogP contribution in [0.4, 0.5) is 0 Å². The van der Waals surface area contributed by atoms with Crippen molar-refractivity contribution in [2.24, 2.45) is 5.73 Å². The lowest BCUT2D eigenvalue weighted by Gasteiger charge is -2.30. The summed E-state index contributed by atoms with van der Waals surface area (Å²) in [5.74, 6) is 0.340. The Bertz CT molecular complexity index is 860. The van der Waals surface area contributed by atoms with Gasteiger partial charge in [0.15, 0.2) is 5.11 Å². The first kappa shape index (κ1) is 16.3. The van der Waals surface area contributed by atoms with E-state index in [1.807, 2.05) is 43.3 Å². The molecule has 0 aliphatic carbocycles. The van der Waals surface area contributed by atoms with E-state index < -0.39 is 11.9 Å². The number of hydrogen-bond acceptors (Lipinski definition) is 3. The lowest BCUT2D eigenvalue weighted by atomic mass is 9.91. The van der Waals surface area contributed by atoms with Crippen molar-refractivity contribution >= 4 is 34.0 Å². The molecule has 0 saturated heterocycles. The molecule has 2 aromatic rings. The summed E-state index contributed by atoms with van der Waals surface area (Å²) in [7, 11) is 0. The Hall–Kier alpha value is -2.60. The molecule has 5 nitrogen and oxygen atoms in total. The van der Waals surface area contributed by atoms with Gasteiger partial charge in [0.1, 0.15) is 5.75 Å². The van der Waals surface area contributed by atoms with Gasteiger partial charge in [0, 0.05) is 11.1 Å². The number of thiocarbonyl (C=S) groups is 1. The van der Waals surface area contributed by atoms with Crippen LogP contribution in [0.5, 0.6) is 5.75 Å². The Balaban J connectivity index is 2.22. The summed E-state index contributed by atoms with van der Waals surface area (Å²) in [6.07, 6.45) is 0. The second-order valence-corrected chi connectivity index (χ2v) is 5.97. The smallest absolute Gasteiger partial charge is 0.248 e. The van der Waals surface area contributed by atoms with Crippen LogP contribution < -0.4 is 21.1 Å². The lowest BCUT2D eigenvalue weighted by Crippen LogP contribution is -2.46. The van der Waals surface area contributed by atoms with Gasteiger partial charge in [0.2, 0.25) is 5.91 Å². The standard InChI is InChI=1S/C18H19N3O2S/c1-3-23-14-9-8-13(11-6-4-5-7-12(11)14)16-15(17(19)22)10(2)20-18(24)21-16/h4-9,16H,3H2,1-2H3,(H2,19,22)(H2,20,21,24)/t16-/m1/s1. The maximum atomic E-state index is 12.0. The van der Waals surface area contributed by atoms with Crippen LogP contribution >= 0.6 is 12.2 Å². The Morgan fingerprint density at radius 2 is 1.96 bits per heavy atom. The highest BCUT2D eigenvalue weighted by Crippen LogP contribution is 2.35. The third-order valence-electron chi connectivity index (χ3n) is 4.06. The first-order valence-electron chi connectivity index (χ1n) is 7.75. The van der Waals surface area contributed by atoms with E-state index in [9.17, 15) is 4.79 Å². The number of benzene rings is 2. The van der Waals surface area contributed by atoms with Crippen LogP contribution in [0.2, 0.25) is 0 Å². The van der Waals surface area contributed by atoms with Crippen molar-refractivity contribution in [1.82, 2.24) is 10.6 Å². The van der Waals surface area contributed by atoms with E-state index in [2.05, 4.69) is 10.6 Å². The highest BCUT2D eigenvalue weighted by molar-refractivity contribution is 7.80. The molecular formula is C18H19N3O2S. The fourth-order valence-electron chi connectivity index (χ4n) is 3.08. The summed E-state index contributed by atoms with van der Waals surface area (Å²) in [4.78, 5) is 12.0. The minimum absolute atomic E-state index is 0.392. The zero-order valence-corrected chi connectivity index (χ0v) is 14.4. The Kier molecular flexibility index (Phi) is 4.40. The Morgan fingerprint density at radius 1 is 1.25 bits per heavy atom. The van der Waals surface area contributed by atoms with Crippen molar-refractivity contribution in [2.75, 3.05) is 6.61 Å². The molecule has 0 radical (unpaired) electrons. The highest BCUT2D eigenvalue weighted by Gasteiger charge is 2.29. The van der Waals surface area contributed by atoms with E-state index in [1.54, 1.807) is 6.92 Å². The van der Waals surface area contributed by atoms with Crippen LogP contribution in [0.25, 0.3) is 10.8 Å². The SMILES string of the molecule is CCOc1ccc([C@H]2NC(=S)NC(C)=C2C(N)=O)c2ccccc12. The number of hydrogen-bond donors (Lipinski definition) is 3. The molecular weight excluding hydrogens is 322 g/mol. The van der Waals surface area contributed by atoms with E-state index in [0.29, 0.717) is 23.0 Å². The number of rotatable bonds is 4. The molecule has 2 aromatic carbocycles. The first-order chi connectivity index (χ1) is 11.5. The average Bonchev–Trinajstić information content (AvgIpc) is 2.54. The largest absolute Gasteiger partial charge is 0.493 e. The van der Waals surface area contributed by atoms with E-state index in [4.69, 9.17) is 22.7 Å². The van der Waals surface area contributed by atoms with E-state index in [0.717, 1.165) is 22.1 Å². The van der Waals surface area contributed by atoms with Crippen LogP contribution in [0.3, 0.4) is 0 Å². The average molecular weight is 341 g/mol. The third-order valence-corrected chi connectivity index (χ3v) is 4.28. The molecule has 1 amide bonds. The van der Waals surface area contributed by atoms with Crippen LogP contribution in [-0.4, -0.2) is 17.6 Å². The molecule has 1 aliphatic rings. The van der Waals surface area contributed by atoms with Crippen molar-refractivity contribution < 1.29 is 9.53 Å². The predicted molar refractivity (Wildman–Crippen MR) is 98.6 cm³/mol. The first-order valence-corrected chi connectivity index (χ1v) is 8.16. The molecule has 0 aromatic heterocycles. The van der Waals surface area contributed by atoms with Crippen LogP contribution in [0.15, 0.2) is 47.7 Å². The molecule has 0 spiro atoms. The lowest BCUT2D eigenvalue weighted by molar-refractivity contribution is -0.115. The van der Waals surface area contributed by atoms with Crippen molar-refractivity contribution in [3.8, 4) is 5.75 Å². The van der Waals surface area contributed by atoms with Crippen molar-refractivity contribution in [2.45, 2.75) is 19.9 Å². The summed E-state index contributed by atoms with van der Waals surface area (Å²) in [6, 6.07) is 11.4. The van der Waals surface area contributed by atoms with Crippen LogP contribution in [-0.2, 0) is 4.79 Å². The minimum atomic E-state index is -0.474. The zero-order chi connectivity index (χ0) is 17.3. The van der Waals surface area contributed by atoms with Gasteiger partial charge in [-0.3, -0.25) is 4.79 Å². The molecule has 0 saturated carbocycles. The van der Waals surface area contributed by atoms with E-state index in [1.165, 1.54) is 0 Å². The van der Waals surface area contributed by atoms with Gasteiger partial charge in [-0.15, -0.1) is 0 Å². The molecule has 0 bridgehead atoms. The molecule has 1 aliphatic heterocycles. The molecule has 124 valence electrons. The minimum Gasteiger partial charge on any atom is -0.493 e. The van der Waals surface area contributed by atoms with Gasteiger partial charge in [0.25, 0.3) is 0 Å². The molecule has 1 atom stereocenters. The number of primary amides is 1. The van der Waals surface area contributed by atoms with Crippen molar-refractivity contribution in [3.05, 3.63) is 53.2 Å².